The van der Waals surface area contributed by atoms with E-state index in [0.29, 0.717) is 11.1 Å². The number of rotatable bonds is 4. The van der Waals surface area contributed by atoms with E-state index in [2.05, 4.69) is 0 Å². The molecular formula is C17H18O3S. The molecule has 0 radical (unpaired) electrons. The highest BCUT2D eigenvalue weighted by molar-refractivity contribution is 7.80. The van der Waals surface area contributed by atoms with Crippen LogP contribution in [0.4, 0.5) is 0 Å². The van der Waals surface area contributed by atoms with Crippen molar-refractivity contribution in [2.45, 2.75) is 26.0 Å². The van der Waals surface area contributed by atoms with Crippen LogP contribution in [0.1, 0.15) is 37.9 Å². The lowest BCUT2D eigenvalue weighted by molar-refractivity contribution is 0.0986. The summed E-state index contributed by atoms with van der Waals surface area (Å²) in [5.41, 5.74) is 3.90. The van der Waals surface area contributed by atoms with Gasteiger partial charge in [0.2, 0.25) is 0 Å². The third kappa shape index (κ3) is 3.28. The number of carbonyl (C=O) groups is 1. The molecule has 0 saturated carbocycles. The number of hydrogen-bond donors (Lipinski definition) is 1. The minimum atomic E-state index is -2.26. The van der Waals surface area contributed by atoms with Crippen LogP contribution in [0.3, 0.4) is 0 Å². The Morgan fingerprint density at radius 3 is 2.05 bits per heavy atom. The molecule has 0 aromatic heterocycles. The molecule has 0 heterocycles. The quantitative estimate of drug-likeness (QED) is 0.691. The van der Waals surface area contributed by atoms with Crippen LogP contribution in [0.25, 0.3) is 0 Å². The average Bonchev–Trinajstić information content (AvgIpc) is 2.42. The second kappa shape index (κ2) is 6.33. The van der Waals surface area contributed by atoms with Gasteiger partial charge in [-0.2, -0.15) is 0 Å². The summed E-state index contributed by atoms with van der Waals surface area (Å²) in [4.78, 5) is 12.6. The summed E-state index contributed by atoms with van der Waals surface area (Å²) < 4.78 is 21.5. The van der Waals surface area contributed by atoms with Crippen molar-refractivity contribution >= 4 is 16.9 Å². The lowest BCUT2D eigenvalue weighted by Crippen LogP contribution is -2.20. The second-order valence-corrected chi connectivity index (χ2v) is 6.22. The molecule has 2 aromatic rings. The fraction of sp³-hybridized carbons (Fsp3) is 0.235. The molecule has 0 aliphatic carbocycles. The lowest BCUT2D eigenvalue weighted by atomic mass is 9.93. The number of carbonyl (C=O) groups excluding carboxylic acids is 1. The molecule has 2 atom stereocenters. The number of Topliss-reactive ketones (excluding diaryl/α,β-unsaturated/α-hetero) is 1. The van der Waals surface area contributed by atoms with Gasteiger partial charge in [-0.3, -0.25) is 4.79 Å². The minimum Gasteiger partial charge on any atom is -0.305 e. The molecule has 2 rings (SSSR count). The van der Waals surface area contributed by atoms with Crippen molar-refractivity contribution < 1.29 is 13.6 Å². The fourth-order valence-electron chi connectivity index (χ4n) is 2.68. The van der Waals surface area contributed by atoms with Crippen LogP contribution in [-0.2, 0) is 11.1 Å². The summed E-state index contributed by atoms with van der Waals surface area (Å²) in [6.07, 6.45) is 0. The second-order valence-electron chi connectivity index (χ2n) is 5.20. The SMILES string of the molecule is Cc1cc(C)c(C(C(=O)c2ccccc2)S(=O)O)c(C)c1. The summed E-state index contributed by atoms with van der Waals surface area (Å²) >= 11 is -2.26. The summed E-state index contributed by atoms with van der Waals surface area (Å²) in [5, 5.41) is -1.05. The number of hydrogen-bond acceptors (Lipinski definition) is 2. The van der Waals surface area contributed by atoms with Gasteiger partial charge < -0.3 is 4.55 Å². The van der Waals surface area contributed by atoms with Crippen molar-refractivity contribution in [2.24, 2.45) is 0 Å². The Kier molecular flexibility index (Phi) is 4.70. The largest absolute Gasteiger partial charge is 0.305 e. The molecule has 0 aliphatic rings. The Balaban J connectivity index is 2.56. The van der Waals surface area contributed by atoms with Crippen LogP contribution in [0, 0.1) is 20.8 Å². The molecule has 110 valence electrons. The zero-order valence-electron chi connectivity index (χ0n) is 12.3. The highest BCUT2D eigenvalue weighted by Gasteiger charge is 2.30. The Hall–Kier alpha value is -1.78. The summed E-state index contributed by atoms with van der Waals surface area (Å²) in [6.45, 7) is 5.70. The molecule has 2 unspecified atom stereocenters. The smallest absolute Gasteiger partial charge is 0.185 e. The molecule has 0 saturated heterocycles. The van der Waals surface area contributed by atoms with Crippen molar-refractivity contribution in [3.05, 3.63) is 70.3 Å². The first-order chi connectivity index (χ1) is 9.91. The van der Waals surface area contributed by atoms with Crippen LogP contribution < -0.4 is 0 Å². The van der Waals surface area contributed by atoms with E-state index in [1.54, 1.807) is 24.3 Å². The zero-order valence-corrected chi connectivity index (χ0v) is 13.1. The van der Waals surface area contributed by atoms with Crippen molar-refractivity contribution in [1.82, 2.24) is 0 Å². The molecule has 0 fully saturated rings. The van der Waals surface area contributed by atoms with E-state index in [9.17, 15) is 13.6 Å². The summed E-state index contributed by atoms with van der Waals surface area (Å²) in [7, 11) is 0. The zero-order chi connectivity index (χ0) is 15.6. The van der Waals surface area contributed by atoms with E-state index >= 15 is 0 Å². The van der Waals surface area contributed by atoms with Crippen LogP contribution in [0.15, 0.2) is 42.5 Å². The monoisotopic (exact) mass is 302 g/mol. The minimum absolute atomic E-state index is 0.327. The van der Waals surface area contributed by atoms with Gasteiger partial charge in [0.25, 0.3) is 0 Å². The third-order valence-electron chi connectivity index (χ3n) is 3.50. The van der Waals surface area contributed by atoms with E-state index < -0.39 is 16.3 Å². The standard InChI is InChI=1S/C17H18O3S/c1-11-9-12(2)15(13(3)10-11)17(21(19)20)16(18)14-7-5-4-6-8-14/h4-10,17H,1-3H3,(H,19,20). The maximum Gasteiger partial charge on any atom is 0.185 e. The highest BCUT2D eigenvalue weighted by atomic mass is 32.2. The van der Waals surface area contributed by atoms with Gasteiger partial charge in [0.1, 0.15) is 5.25 Å². The number of aryl methyl sites for hydroxylation is 3. The van der Waals surface area contributed by atoms with Crippen molar-refractivity contribution in [3.63, 3.8) is 0 Å². The lowest BCUT2D eigenvalue weighted by Gasteiger charge is -2.18. The predicted molar refractivity (Wildman–Crippen MR) is 84.9 cm³/mol. The summed E-state index contributed by atoms with van der Waals surface area (Å²) in [6, 6.07) is 12.5. The Bertz CT molecular complexity index is 669. The molecule has 21 heavy (non-hydrogen) atoms. The Labute approximate surface area is 127 Å². The number of ketones is 1. The van der Waals surface area contributed by atoms with Crippen LogP contribution in [0.5, 0.6) is 0 Å². The normalized spacial score (nSPS) is 13.7. The highest BCUT2D eigenvalue weighted by Crippen LogP contribution is 2.30. The van der Waals surface area contributed by atoms with E-state index in [4.69, 9.17) is 0 Å². The van der Waals surface area contributed by atoms with E-state index in [1.807, 2.05) is 39.0 Å². The van der Waals surface area contributed by atoms with Crippen molar-refractivity contribution in [2.75, 3.05) is 0 Å². The van der Waals surface area contributed by atoms with Gasteiger partial charge in [-0.1, -0.05) is 48.0 Å². The molecule has 4 heteroatoms. The third-order valence-corrected chi connectivity index (χ3v) is 4.35. The van der Waals surface area contributed by atoms with Crippen LogP contribution in [0.2, 0.25) is 0 Å². The molecule has 1 N–H and O–H groups in total. The van der Waals surface area contributed by atoms with E-state index in [-0.39, 0.29) is 5.78 Å². The molecular weight excluding hydrogens is 284 g/mol. The van der Waals surface area contributed by atoms with Crippen molar-refractivity contribution in [3.8, 4) is 0 Å². The van der Waals surface area contributed by atoms with Gasteiger partial charge in [0.15, 0.2) is 16.9 Å². The molecule has 3 nitrogen and oxygen atoms in total. The van der Waals surface area contributed by atoms with Gasteiger partial charge in [-0.05, 0) is 37.5 Å². The predicted octanol–water partition coefficient (Wildman–Crippen LogP) is 3.76. The molecule has 2 aromatic carbocycles. The van der Waals surface area contributed by atoms with Gasteiger partial charge in [-0.25, -0.2) is 4.21 Å². The number of benzene rings is 2. The first-order valence-electron chi connectivity index (χ1n) is 6.68. The van der Waals surface area contributed by atoms with Gasteiger partial charge >= 0.3 is 0 Å². The topological polar surface area (TPSA) is 54.4 Å². The van der Waals surface area contributed by atoms with Gasteiger partial charge in [-0.15, -0.1) is 0 Å². The van der Waals surface area contributed by atoms with Crippen LogP contribution in [-0.4, -0.2) is 14.5 Å². The molecule has 0 spiro atoms. The maximum atomic E-state index is 12.6. The van der Waals surface area contributed by atoms with Crippen molar-refractivity contribution in [1.29, 1.82) is 0 Å². The maximum absolute atomic E-state index is 12.6. The first-order valence-corrected chi connectivity index (χ1v) is 7.85. The van der Waals surface area contributed by atoms with E-state index in [0.717, 1.165) is 16.7 Å². The average molecular weight is 302 g/mol. The van der Waals surface area contributed by atoms with Gasteiger partial charge in [0, 0.05) is 5.56 Å². The van der Waals surface area contributed by atoms with E-state index in [1.165, 1.54) is 0 Å². The fourth-order valence-corrected chi connectivity index (χ4v) is 3.57. The first kappa shape index (κ1) is 15.6. The Morgan fingerprint density at radius 1 is 1.05 bits per heavy atom. The molecule has 0 bridgehead atoms. The summed E-state index contributed by atoms with van der Waals surface area (Å²) in [5.74, 6) is -0.327. The Morgan fingerprint density at radius 2 is 1.57 bits per heavy atom. The van der Waals surface area contributed by atoms with Gasteiger partial charge in [0.05, 0.1) is 0 Å². The van der Waals surface area contributed by atoms with Crippen LogP contribution >= 0.6 is 0 Å². The molecule has 0 amide bonds. The molecule has 0 aliphatic heterocycles.